The number of ketones is 1. The molecule has 0 aliphatic rings. The Hall–Kier alpha value is -2.16. The normalized spacial score (nSPS) is 10.3. The van der Waals surface area contributed by atoms with Crippen LogP contribution in [-0.4, -0.2) is 10.8 Å². The molecule has 0 saturated heterocycles. The van der Waals surface area contributed by atoms with Gasteiger partial charge in [0.15, 0.2) is 5.78 Å². The molecule has 3 nitrogen and oxygen atoms in total. The lowest BCUT2D eigenvalue weighted by Gasteiger charge is -2.02. The molecule has 0 saturated carbocycles. The van der Waals surface area contributed by atoms with Crippen molar-refractivity contribution in [3.8, 4) is 0 Å². The summed E-state index contributed by atoms with van der Waals surface area (Å²) in [5, 5.41) is 0. The first-order chi connectivity index (χ1) is 8.69. The van der Waals surface area contributed by atoms with E-state index in [2.05, 4.69) is 11.9 Å². The molecule has 0 amide bonds. The maximum absolute atomic E-state index is 12.0. The van der Waals surface area contributed by atoms with Gasteiger partial charge >= 0.3 is 0 Å². The molecular weight excluding hydrogens is 224 g/mol. The van der Waals surface area contributed by atoms with Crippen molar-refractivity contribution in [3.63, 3.8) is 0 Å². The largest absolute Gasteiger partial charge is 0.399 e. The Labute approximate surface area is 107 Å². The third-order valence-electron chi connectivity index (χ3n) is 2.87. The zero-order valence-electron chi connectivity index (χ0n) is 10.4. The maximum atomic E-state index is 12.0. The van der Waals surface area contributed by atoms with Gasteiger partial charge in [-0.2, -0.15) is 0 Å². The van der Waals surface area contributed by atoms with E-state index in [1.165, 1.54) is 5.56 Å². The second-order valence-electron chi connectivity index (χ2n) is 4.23. The number of hydrogen-bond donors (Lipinski definition) is 1. The summed E-state index contributed by atoms with van der Waals surface area (Å²) in [7, 11) is 0. The number of Topliss-reactive ketones (excluding diaryl/α,β-unsaturated/α-hetero) is 1. The Morgan fingerprint density at radius 2 is 1.89 bits per heavy atom. The minimum Gasteiger partial charge on any atom is -0.399 e. The second kappa shape index (κ2) is 5.45. The highest BCUT2D eigenvalue weighted by Crippen LogP contribution is 2.09. The quantitative estimate of drug-likeness (QED) is 0.660. The zero-order chi connectivity index (χ0) is 13.0. The minimum atomic E-state index is 0.0618. The molecule has 0 radical (unpaired) electrons. The van der Waals surface area contributed by atoms with Crippen LogP contribution in [0.15, 0.2) is 42.6 Å². The Bertz CT molecular complexity index is 529. The average molecular weight is 240 g/mol. The molecule has 0 spiro atoms. The Kier molecular flexibility index (Phi) is 3.72. The molecule has 2 aromatic rings. The van der Waals surface area contributed by atoms with Gasteiger partial charge in [-0.05, 0) is 42.3 Å². The predicted molar refractivity (Wildman–Crippen MR) is 72.5 cm³/mol. The number of anilines is 1. The van der Waals surface area contributed by atoms with Gasteiger partial charge in [-0.15, -0.1) is 0 Å². The highest BCUT2D eigenvalue weighted by molar-refractivity contribution is 5.97. The third-order valence-corrected chi connectivity index (χ3v) is 2.87. The summed E-state index contributed by atoms with van der Waals surface area (Å²) in [4.78, 5) is 16.3. The summed E-state index contributed by atoms with van der Waals surface area (Å²) in [5.41, 5.74) is 8.90. The minimum absolute atomic E-state index is 0.0618. The lowest BCUT2D eigenvalue weighted by molar-refractivity contribution is 0.0992. The number of aromatic nitrogens is 1. The fourth-order valence-electron chi connectivity index (χ4n) is 1.70. The van der Waals surface area contributed by atoms with Gasteiger partial charge in [0.2, 0.25) is 0 Å². The molecule has 1 aromatic carbocycles. The number of carbonyl (C=O) groups excluding carboxylic acids is 1. The van der Waals surface area contributed by atoms with E-state index in [0.29, 0.717) is 17.7 Å². The Morgan fingerprint density at radius 3 is 2.44 bits per heavy atom. The first kappa shape index (κ1) is 12.3. The van der Waals surface area contributed by atoms with Gasteiger partial charge in [0, 0.05) is 23.1 Å². The van der Waals surface area contributed by atoms with Gasteiger partial charge in [0.1, 0.15) is 0 Å². The molecule has 1 heterocycles. The molecule has 0 aliphatic carbocycles. The van der Waals surface area contributed by atoms with E-state index < -0.39 is 0 Å². The highest BCUT2D eigenvalue weighted by atomic mass is 16.1. The highest BCUT2D eigenvalue weighted by Gasteiger charge is 2.07. The standard InChI is InChI=1S/C15H16N2O/c1-2-11-3-8-14(17-10-11)9-15(18)12-4-6-13(16)7-5-12/h3-8,10H,2,9,16H2,1H3. The molecule has 0 fully saturated rings. The third kappa shape index (κ3) is 2.94. The van der Waals surface area contributed by atoms with Gasteiger partial charge in [0.25, 0.3) is 0 Å². The summed E-state index contributed by atoms with van der Waals surface area (Å²) in [6, 6.07) is 10.9. The molecule has 0 aliphatic heterocycles. The molecular formula is C15H16N2O. The molecule has 2 rings (SSSR count). The van der Waals surface area contributed by atoms with Crippen LogP contribution in [0.4, 0.5) is 5.69 Å². The van der Waals surface area contributed by atoms with Crippen LogP contribution >= 0.6 is 0 Å². The van der Waals surface area contributed by atoms with E-state index in [1.807, 2.05) is 18.3 Å². The van der Waals surface area contributed by atoms with Crippen LogP contribution in [-0.2, 0) is 12.8 Å². The number of rotatable bonds is 4. The van der Waals surface area contributed by atoms with E-state index in [4.69, 9.17) is 5.73 Å². The first-order valence-corrected chi connectivity index (χ1v) is 6.01. The smallest absolute Gasteiger partial charge is 0.168 e. The van der Waals surface area contributed by atoms with Crippen molar-refractivity contribution >= 4 is 11.5 Å². The lowest BCUT2D eigenvalue weighted by Crippen LogP contribution is -2.05. The van der Waals surface area contributed by atoms with Crippen molar-refractivity contribution in [3.05, 3.63) is 59.4 Å². The second-order valence-corrected chi connectivity index (χ2v) is 4.23. The fraction of sp³-hybridized carbons (Fsp3) is 0.200. The van der Waals surface area contributed by atoms with Crippen LogP contribution in [0.25, 0.3) is 0 Å². The monoisotopic (exact) mass is 240 g/mol. The number of nitrogens with two attached hydrogens (primary N) is 1. The zero-order valence-corrected chi connectivity index (χ0v) is 10.4. The number of nitrogen functional groups attached to an aromatic ring is 1. The van der Waals surface area contributed by atoms with Gasteiger partial charge in [-0.1, -0.05) is 13.0 Å². The van der Waals surface area contributed by atoms with E-state index in [-0.39, 0.29) is 5.78 Å². The van der Waals surface area contributed by atoms with Gasteiger partial charge < -0.3 is 5.73 Å². The predicted octanol–water partition coefficient (Wildman–Crippen LogP) is 2.65. The molecule has 92 valence electrons. The van der Waals surface area contributed by atoms with Crippen molar-refractivity contribution in [2.75, 3.05) is 5.73 Å². The Balaban J connectivity index is 2.08. The van der Waals surface area contributed by atoms with Crippen molar-refractivity contribution in [2.45, 2.75) is 19.8 Å². The molecule has 1 aromatic heterocycles. The lowest BCUT2D eigenvalue weighted by atomic mass is 10.1. The summed E-state index contributed by atoms with van der Waals surface area (Å²) in [6.07, 6.45) is 3.11. The Morgan fingerprint density at radius 1 is 1.17 bits per heavy atom. The molecule has 3 heteroatoms. The van der Waals surface area contributed by atoms with Crippen LogP contribution in [0, 0.1) is 0 Å². The molecule has 0 atom stereocenters. The number of benzene rings is 1. The average Bonchev–Trinajstić information content (AvgIpc) is 2.40. The fourth-order valence-corrected chi connectivity index (χ4v) is 1.70. The van der Waals surface area contributed by atoms with Crippen molar-refractivity contribution < 1.29 is 4.79 Å². The van der Waals surface area contributed by atoms with E-state index >= 15 is 0 Å². The molecule has 0 bridgehead atoms. The molecule has 0 unspecified atom stereocenters. The van der Waals surface area contributed by atoms with Crippen molar-refractivity contribution in [2.24, 2.45) is 0 Å². The van der Waals surface area contributed by atoms with Gasteiger partial charge in [0.05, 0.1) is 6.42 Å². The van der Waals surface area contributed by atoms with Gasteiger partial charge in [-0.3, -0.25) is 9.78 Å². The van der Waals surface area contributed by atoms with Crippen LogP contribution in [0.3, 0.4) is 0 Å². The van der Waals surface area contributed by atoms with Crippen molar-refractivity contribution in [1.29, 1.82) is 0 Å². The summed E-state index contributed by atoms with van der Waals surface area (Å²) < 4.78 is 0. The SMILES string of the molecule is CCc1ccc(CC(=O)c2ccc(N)cc2)nc1. The van der Waals surface area contributed by atoms with E-state index in [1.54, 1.807) is 24.3 Å². The maximum Gasteiger partial charge on any atom is 0.168 e. The summed E-state index contributed by atoms with van der Waals surface area (Å²) in [5.74, 6) is 0.0618. The number of nitrogens with zero attached hydrogens (tertiary/aromatic N) is 1. The van der Waals surface area contributed by atoms with Crippen LogP contribution in [0.1, 0.15) is 28.5 Å². The van der Waals surface area contributed by atoms with Crippen molar-refractivity contribution in [1.82, 2.24) is 4.98 Å². The number of hydrogen-bond acceptors (Lipinski definition) is 3. The summed E-state index contributed by atoms with van der Waals surface area (Å²) in [6.45, 7) is 2.08. The summed E-state index contributed by atoms with van der Waals surface area (Å²) >= 11 is 0. The number of aryl methyl sites for hydroxylation is 1. The van der Waals surface area contributed by atoms with Gasteiger partial charge in [-0.25, -0.2) is 0 Å². The number of carbonyl (C=O) groups is 1. The first-order valence-electron chi connectivity index (χ1n) is 6.01. The molecule has 2 N–H and O–H groups in total. The van der Waals surface area contributed by atoms with Crippen LogP contribution in [0.2, 0.25) is 0 Å². The van der Waals surface area contributed by atoms with E-state index in [0.717, 1.165) is 12.1 Å². The topological polar surface area (TPSA) is 56.0 Å². The number of pyridine rings is 1. The molecule has 18 heavy (non-hydrogen) atoms. The van der Waals surface area contributed by atoms with E-state index in [9.17, 15) is 4.79 Å². The van der Waals surface area contributed by atoms with Crippen LogP contribution < -0.4 is 5.73 Å². The van der Waals surface area contributed by atoms with Crippen LogP contribution in [0.5, 0.6) is 0 Å².